The van der Waals surface area contributed by atoms with E-state index in [2.05, 4.69) is 21.2 Å². The molecule has 1 aromatic heterocycles. The molecule has 4 nitrogen and oxygen atoms in total. The first-order valence-electron chi connectivity index (χ1n) is 2.90. The molecule has 1 rings (SSSR count). The van der Waals surface area contributed by atoms with Gasteiger partial charge in [0.05, 0.1) is 29.8 Å². The van der Waals surface area contributed by atoms with Gasteiger partial charge in [0.1, 0.15) is 10.8 Å². The highest BCUT2D eigenvalue weighted by atomic mass is 32.3. The van der Waals surface area contributed by atoms with Crippen LogP contribution in [-0.2, 0) is 14.6 Å². The number of thioether (sulfide) groups is 1. The third-order valence-electron chi connectivity index (χ3n) is 0.755. The highest BCUT2D eigenvalue weighted by Crippen LogP contribution is 2.25. The summed E-state index contributed by atoms with van der Waals surface area (Å²) in [7, 11) is -3.60. The first-order chi connectivity index (χ1) is 5.99. The molecule has 0 aliphatic rings. The van der Waals surface area contributed by atoms with Crippen molar-refractivity contribution in [2.75, 3.05) is 13.4 Å². The summed E-state index contributed by atoms with van der Waals surface area (Å²) >= 11 is 5.42. The number of hydrogen-bond acceptors (Lipinski definition) is 6. The Morgan fingerprint density at radius 1 is 1.69 bits per heavy atom. The lowest BCUT2D eigenvalue weighted by Gasteiger charge is -1.98. The van der Waals surface area contributed by atoms with Gasteiger partial charge in [-0.2, -0.15) is 0 Å². The molecular weight excluding hydrogens is 252 g/mol. The standard InChI is InChI=1S/C4H5S3.CH4O4S/c1-5-4-6-2-3-7-4;1-5-6(2,3)4/h2-3H,1H3;1H3,(H,2,3,4)/q+1;/p-1. The lowest BCUT2D eigenvalue weighted by molar-refractivity contribution is 0.314. The van der Waals surface area contributed by atoms with E-state index in [1.165, 1.54) is 3.52 Å². The molecule has 0 saturated heterocycles. The number of hydrogen-bond donors (Lipinski definition) is 0. The fourth-order valence-corrected chi connectivity index (χ4v) is 2.62. The van der Waals surface area contributed by atoms with Crippen LogP contribution in [0.5, 0.6) is 0 Å². The van der Waals surface area contributed by atoms with E-state index in [4.69, 9.17) is 0 Å². The minimum Gasteiger partial charge on any atom is -0.726 e. The van der Waals surface area contributed by atoms with Crippen molar-refractivity contribution in [2.45, 2.75) is 3.52 Å². The Labute approximate surface area is 89.5 Å². The SMILES string of the molecule is COS(=O)(=O)[O-].CSc1scc[s+]1. The van der Waals surface area contributed by atoms with Crippen LogP contribution in [0.25, 0.3) is 0 Å². The summed E-state index contributed by atoms with van der Waals surface area (Å²) in [5.41, 5.74) is 0. The van der Waals surface area contributed by atoms with Crippen molar-refractivity contribution in [1.82, 2.24) is 0 Å². The molecule has 0 N–H and O–H groups in total. The van der Waals surface area contributed by atoms with E-state index in [1.54, 1.807) is 22.7 Å². The van der Waals surface area contributed by atoms with Gasteiger partial charge in [-0.25, -0.2) is 8.42 Å². The zero-order valence-corrected chi connectivity index (χ0v) is 10.2. The highest BCUT2D eigenvalue weighted by Gasteiger charge is 2.00. The Hall–Kier alpha value is 0.270. The van der Waals surface area contributed by atoms with Crippen LogP contribution in [0.2, 0.25) is 0 Å². The van der Waals surface area contributed by atoms with Crippen molar-refractivity contribution in [3.05, 3.63) is 10.8 Å². The van der Waals surface area contributed by atoms with Gasteiger partial charge in [0, 0.05) is 0 Å². The minimum absolute atomic E-state index is 0.808. The zero-order valence-electron chi connectivity index (χ0n) is 6.92. The van der Waals surface area contributed by atoms with Crippen molar-refractivity contribution in [3.8, 4) is 0 Å². The third kappa shape index (κ3) is 8.60. The average molecular weight is 260 g/mol. The van der Waals surface area contributed by atoms with Crippen molar-refractivity contribution in [1.29, 1.82) is 0 Å². The van der Waals surface area contributed by atoms with Crippen LogP contribution in [0, 0.1) is 0 Å². The summed E-state index contributed by atoms with van der Waals surface area (Å²) < 4.78 is 32.5. The highest BCUT2D eigenvalue weighted by molar-refractivity contribution is 8.02. The average Bonchev–Trinajstić information content (AvgIpc) is 2.56. The molecule has 0 amide bonds. The molecule has 0 aliphatic heterocycles. The molecule has 1 heterocycles. The van der Waals surface area contributed by atoms with Crippen LogP contribution in [0.15, 0.2) is 14.3 Å². The maximum absolute atomic E-state index is 9.22. The van der Waals surface area contributed by atoms with E-state index in [0.29, 0.717) is 0 Å². The topological polar surface area (TPSA) is 66.4 Å². The van der Waals surface area contributed by atoms with Gasteiger partial charge in [-0.3, -0.25) is 4.18 Å². The van der Waals surface area contributed by atoms with Gasteiger partial charge in [-0.15, -0.1) is 0 Å². The van der Waals surface area contributed by atoms with E-state index in [9.17, 15) is 13.0 Å². The normalized spacial score (nSPS) is 10.4. The first kappa shape index (κ1) is 13.3. The van der Waals surface area contributed by atoms with E-state index in [0.717, 1.165) is 7.11 Å². The molecule has 0 spiro atoms. The van der Waals surface area contributed by atoms with E-state index in [-0.39, 0.29) is 0 Å². The minimum atomic E-state index is -4.41. The third-order valence-corrected chi connectivity index (χ3v) is 4.75. The molecule has 0 aliphatic carbocycles. The summed E-state index contributed by atoms with van der Waals surface area (Å²) in [6, 6.07) is 0. The van der Waals surface area contributed by atoms with Gasteiger partial charge >= 0.3 is 3.52 Å². The summed E-state index contributed by atoms with van der Waals surface area (Å²) in [5, 5.41) is 4.22. The largest absolute Gasteiger partial charge is 0.726 e. The second kappa shape index (κ2) is 6.68. The molecule has 0 saturated carbocycles. The van der Waals surface area contributed by atoms with Crippen molar-refractivity contribution in [3.63, 3.8) is 0 Å². The van der Waals surface area contributed by atoms with E-state index < -0.39 is 10.4 Å². The molecular formula is C5H8O4S4. The molecule has 0 atom stereocenters. The van der Waals surface area contributed by atoms with Crippen LogP contribution in [-0.4, -0.2) is 26.3 Å². The second-order valence-electron chi connectivity index (χ2n) is 1.54. The lowest BCUT2D eigenvalue weighted by atomic mass is 11.2. The quantitative estimate of drug-likeness (QED) is 0.352. The Balaban J connectivity index is 0.000000226. The monoisotopic (exact) mass is 260 g/mol. The van der Waals surface area contributed by atoms with Gasteiger partial charge in [0.2, 0.25) is 10.4 Å². The summed E-state index contributed by atoms with van der Waals surface area (Å²) in [4.78, 5) is 0. The second-order valence-corrected chi connectivity index (χ2v) is 6.11. The molecule has 8 heteroatoms. The summed E-state index contributed by atoms with van der Waals surface area (Å²) in [6.07, 6.45) is 2.10. The Bertz CT molecular complexity index is 303. The molecule has 1 aromatic rings. The molecule has 0 fully saturated rings. The zero-order chi connectivity index (χ0) is 10.3. The Morgan fingerprint density at radius 2 is 2.23 bits per heavy atom. The summed E-state index contributed by atoms with van der Waals surface area (Å²) in [5.74, 6) is 0. The van der Waals surface area contributed by atoms with Crippen molar-refractivity contribution in [2.24, 2.45) is 0 Å². The van der Waals surface area contributed by atoms with E-state index >= 15 is 0 Å². The van der Waals surface area contributed by atoms with Crippen molar-refractivity contribution < 1.29 is 17.2 Å². The van der Waals surface area contributed by atoms with Gasteiger partial charge < -0.3 is 4.55 Å². The maximum Gasteiger partial charge on any atom is 0.311 e. The molecule has 0 radical (unpaired) electrons. The fourth-order valence-electron chi connectivity index (χ4n) is 0.291. The molecule has 0 bridgehead atoms. The van der Waals surface area contributed by atoms with E-state index in [1.807, 2.05) is 11.8 Å². The Kier molecular flexibility index (Phi) is 6.82. The predicted octanol–water partition coefficient (Wildman–Crippen LogP) is 1.91. The predicted molar refractivity (Wildman–Crippen MR) is 55.1 cm³/mol. The van der Waals surface area contributed by atoms with Gasteiger partial charge in [-0.05, 0) is 6.26 Å². The molecule has 0 unspecified atom stereocenters. The van der Waals surface area contributed by atoms with Gasteiger partial charge in [0.25, 0.3) is 0 Å². The van der Waals surface area contributed by atoms with Crippen LogP contribution in [0.4, 0.5) is 0 Å². The number of rotatable bonds is 2. The smallest absolute Gasteiger partial charge is 0.311 e. The van der Waals surface area contributed by atoms with Crippen LogP contribution in [0.3, 0.4) is 0 Å². The Morgan fingerprint density at radius 3 is 2.38 bits per heavy atom. The van der Waals surface area contributed by atoms with Gasteiger partial charge in [0.15, 0.2) is 0 Å². The van der Waals surface area contributed by atoms with Crippen LogP contribution >= 0.6 is 34.4 Å². The van der Waals surface area contributed by atoms with Gasteiger partial charge in [-0.1, -0.05) is 11.8 Å². The first-order valence-corrected chi connectivity index (χ1v) is 7.22. The molecule has 76 valence electrons. The summed E-state index contributed by atoms with van der Waals surface area (Å²) in [6.45, 7) is 0. The van der Waals surface area contributed by atoms with Crippen LogP contribution < -0.4 is 0 Å². The lowest BCUT2D eigenvalue weighted by Crippen LogP contribution is -1.97. The van der Waals surface area contributed by atoms with Crippen molar-refractivity contribution >= 4 is 44.8 Å². The fraction of sp³-hybridized carbons (Fsp3) is 0.400. The maximum atomic E-state index is 9.22. The van der Waals surface area contributed by atoms with Crippen LogP contribution in [0.1, 0.15) is 0 Å². The molecule has 0 aromatic carbocycles. The molecule has 13 heavy (non-hydrogen) atoms.